The molecule has 3 aromatic rings. The number of rotatable bonds is 2. The fourth-order valence-electron chi connectivity index (χ4n) is 3.92. The first-order valence-corrected chi connectivity index (χ1v) is 12.0. The fourth-order valence-corrected chi connectivity index (χ4v) is 4.40. The molecule has 0 N–H and O–H groups in total. The molecule has 7 heteroatoms. The predicted octanol–water partition coefficient (Wildman–Crippen LogP) is 6.62. The zero-order valence-electron chi connectivity index (χ0n) is 22.8. The maximum absolute atomic E-state index is 12.1. The number of nitrogens with zero attached hydrogens (tertiary/aromatic N) is 3. The fraction of sp³-hybridized carbons (Fsp3) is 0.414. The number of hydrogen-bond donors (Lipinski definition) is 0. The Hall–Kier alpha value is -2.43. The van der Waals surface area contributed by atoms with Gasteiger partial charge < -0.3 is 10.2 Å². The molecule has 0 saturated carbocycles. The number of aryl methyl sites for hydroxylation is 3. The van der Waals surface area contributed by atoms with E-state index in [1.54, 1.807) is 24.5 Å². The molecule has 5 nitrogen and oxygen atoms in total. The van der Waals surface area contributed by atoms with Crippen molar-refractivity contribution >= 4 is 23.0 Å². The van der Waals surface area contributed by atoms with Gasteiger partial charge in [0.2, 0.25) is 0 Å². The SMILES string of the molecule is CC(=Nc1c(C)cc(C)cc1C)c1ncccn1.CC(C)(C)c1cc(Cl)c(C(C)(C)C)c([O-])c1[O-].[Ni+2]. The standard InChI is InChI=1S/C15H17N3.C14H21ClO2.Ni/c1-10-8-11(2)14(12(3)9-10)18-13(4)15-16-6-5-7-17-15;1-13(2,3)8-7-9(15)10(14(4,5)6)12(17)11(8)16;/h5-9H,1-4H3;7,16-17H,1-6H3;/q;;+2/p-2. The summed E-state index contributed by atoms with van der Waals surface area (Å²) in [5, 5.41) is 24.6. The van der Waals surface area contributed by atoms with Crippen LogP contribution in [0.25, 0.3) is 0 Å². The Morgan fingerprint density at radius 2 is 1.33 bits per heavy atom. The molecule has 0 fully saturated rings. The quantitative estimate of drug-likeness (QED) is 0.264. The number of benzene rings is 2. The Balaban J connectivity index is 0.000000351. The minimum Gasteiger partial charge on any atom is -0.873 e. The van der Waals surface area contributed by atoms with Crippen LogP contribution >= 0.6 is 11.6 Å². The van der Waals surface area contributed by atoms with Gasteiger partial charge in [-0.1, -0.05) is 70.8 Å². The van der Waals surface area contributed by atoms with Gasteiger partial charge in [0.05, 0.1) is 11.4 Å². The molecule has 0 atom stereocenters. The van der Waals surface area contributed by atoms with Crippen LogP contribution in [0.3, 0.4) is 0 Å². The molecule has 1 heterocycles. The molecule has 36 heavy (non-hydrogen) atoms. The van der Waals surface area contributed by atoms with Gasteiger partial charge in [-0.2, -0.15) is 0 Å². The summed E-state index contributed by atoms with van der Waals surface area (Å²) < 4.78 is 0. The molecule has 0 aliphatic carbocycles. The van der Waals surface area contributed by atoms with Gasteiger partial charge in [0.1, 0.15) is 0 Å². The molecule has 0 radical (unpaired) electrons. The molecule has 0 aliphatic heterocycles. The van der Waals surface area contributed by atoms with Gasteiger partial charge in [0.15, 0.2) is 5.82 Å². The van der Waals surface area contributed by atoms with E-state index in [1.165, 1.54) is 16.7 Å². The van der Waals surface area contributed by atoms with E-state index in [2.05, 4.69) is 47.9 Å². The molecule has 0 spiro atoms. The molecule has 196 valence electrons. The van der Waals surface area contributed by atoms with Crippen LogP contribution in [0.2, 0.25) is 5.02 Å². The number of halogens is 1. The molecule has 0 bridgehead atoms. The van der Waals surface area contributed by atoms with Gasteiger partial charge in [-0.15, -0.1) is 11.5 Å². The normalized spacial score (nSPS) is 11.9. The van der Waals surface area contributed by atoms with Crippen molar-refractivity contribution in [3.8, 4) is 11.5 Å². The summed E-state index contributed by atoms with van der Waals surface area (Å²) in [4.78, 5) is 13.1. The van der Waals surface area contributed by atoms with Crippen molar-refractivity contribution < 1.29 is 26.7 Å². The van der Waals surface area contributed by atoms with Crippen LogP contribution < -0.4 is 10.2 Å². The van der Waals surface area contributed by atoms with Crippen LogP contribution in [0.15, 0.2) is 41.7 Å². The Kier molecular flexibility index (Phi) is 10.7. The minimum absolute atomic E-state index is 0. The van der Waals surface area contributed by atoms with Crippen molar-refractivity contribution in [2.24, 2.45) is 4.99 Å². The van der Waals surface area contributed by atoms with Crippen LogP contribution in [-0.4, -0.2) is 15.7 Å². The van der Waals surface area contributed by atoms with Crippen molar-refractivity contribution in [1.29, 1.82) is 0 Å². The Labute approximate surface area is 231 Å². The summed E-state index contributed by atoms with van der Waals surface area (Å²) in [5.41, 5.74) is 5.61. The maximum Gasteiger partial charge on any atom is 2.00 e. The van der Waals surface area contributed by atoms with Gasteiger partial charge in [-0.25, -0.2) is 15.0 Å². The van der Waals surface area contributed by atoms with Gasteiger partial charge in [-0.3, -0.25) is 0 Å². The van der Waals surface area contributed by atoms with E-state index < -0.39 is 16.9 Å². The van der Waals surface area contributed by atoms with E-state index in [-0.39, 0.29) is 21.9 Å². The number of hydrogen-bond acceptors (Lipinski definition) is 5. The average Bonchev–Trinajstić information content (AvgIpc) is 2.72. The molecule has 0 aliphatic rings. The van der Waals surface area contributed by atoms with Crippen LogP contribution in [0, 0.1) is 20.8 Å². The molecule has 2 aromatic carbocycles. The van der Waals surface area contributed by atoms with Gasteiger partial charge in [0.25, 0.3) is 0 Å². The zero-order chi connectivity index (χ0) is 26.7. The Bertz CT molecular complexity index is 1200. The topological polar surface area (TPSA) is 84.3 Å². The van der Waals surface area contributed by atoms with Crippen LogP contribution in [0.5, 0.6) is 11.5 Å². The van der Waals surface area contributed by atoms with E-state index in [0.717, 1.165) is 11.4 Å². The molecular weight excluding hydrogens is 516 g/mol. The van der Waals surface area contributed by atoms with Crippen molar-refractivity contribution in [2.45, 2.75) is 80.1 Å². The first-order valence-electron chi connectivity index (χ1n) is 11.7. The molecule has 0 unspecified atom stereocenters. The van der Waals surface area contributed by atoms with Crippen LogP contribution in [0.4, 0.5) is 5.69 Å². The Morgan fingerprint density at radius 3 is 1.78 bits per heavy atom. The third kappa shape index (κ3) is 7.78. The van der Waals surface area contributed by atoms with Crippen LogP contribution in [0.1, 0.15) is 82.1 Å². The second-order valence-electron chi connectivity index (χ2n) is 11.0. The number of aliphatic imine (C=N–C) groups is 1. The van der Waals surface area contributed by atoms with Gasteiger partial charge >= 0.3 is 16.5 Å². The van der Waals surface area contributed by atoms with Gasteiger partial charge in [-0.05, 0) is 72.9 Å². The summed E-state index contributed by atoms with van der Waals surface area (Å²) in [6.45, 7) is 19.5. The van der Waals surface area contributed by atoms with Crippen LogP contribution in [-0.2, 0) is 27.3 Å². The monoisotopic (exact) mass is 551 g/mol. The zero-order valence-corrected chi connectivity index (χ0v) is 24.6. The first-order chi connectivity index (χ1) is 16.0. The summed E-state index contributed by atoms with van der Waals surface area (Å²) in [6, 6.07) is 7.74. The maximum atomic E-state index is 12.1. The summed E-state index contributed by atoms with van der Waals surface area (Å²) in [6.07, 6.45) is 3.46. The van der Waals surface area contributed by atoms with E-state index in [1.807, 2.05) is 48.5 Å². The Morgan fingerprint density at radius 1 is 0.833 bits per heavy atom. The summed E-state index contributed by atoms with van der Waals surface area (Å²) in [5.74, 6) is -0.210. The van der Waals surface area contributed by atoms with E-state index in [9.17, 15) is 10.2 Å². The molecule has 3 rings (SSSR count). The van der Waals surface area contributed by atoms with Crippen molar-refractivity contribution in [3.63, 3.8) is 0 Å². The first kappa shape index (κ1) is 31.6. The number of aromatic nitrogens is 2. The van der Waals surface area contributed by atoms with Crippen molar-refractivity contribution in [3.05, 3.63) is 75.3 Å². The molecule has 0 amide bonds. The minimum atomic E-state index is -0.463. The summed E-state index contributed by atoms with van der Waals surface area (Å²) in [7, 11) is 0. The second kappa shape index (κ2) is 12.2. The third-order valence-corrected chi connectivity index (χ3v) is 5.85. The van der Waals surface area contributed by atoms with Gasteiger partial charge in [0, 0.05) is 17.4 Å². The average molecular weight is 553 g/mol. The molecule has 1 aromatic heterocycles. The van der Waals surface area contributed by atoms with Crippen molar-refractivity contribution in [2.75, 3.05) is 0 Å². The second-order valence-corrected chi connectivity index (χ2v) is 11.4. The molecule has 0 saturated heterocycles. The largest absolute Gasteiger partial charge is 2.00 e. The van der Waals surface area contributed by atoms with E-state index in [4.69, 9.17) is 11.6 Å². The smallest absolute Gasteiger partial charge is 0.873 e. The third-order valence-electron chi connectivity index (χ3n) is 5.55. The predicted molar refractivity (Wildman–Crippen MR) is 142 cm³/mol. The van der Waals surface area contributed by atoms with Crippen molar-refractivity contribution in [1.82, 2.24) is 9.97 Å². The van der Waals surface area contributed by atoms with E-state index in [0.29, 0.717) is 22.0 Å². The van der Waals surface area contributed by atoms with E-state index >= 15 is 0 Å². The summed E-state index contributed by atoms with van der Waals surface area (Å²) >= 11 is 6.16. The molecular formula is C29H36ClN3NiO2.